The highest BCUT2D eigenvalue weighted by Crippen LogP contribution is 2.44. The molecule has 2 heterocycles. The Bertz CT molecular complexity index is 455. The lowest BCUT2D eigenvalue weighted by Crippen LogP contribution is -2.44. The van der Waals surface area contributed by atoms with Crippen molar-refractivity contribution in [3.05, 3.63) is 23.8 Å². The zero-order valence-corrected chi connectivity index (χ0v) is 11.6. The molecule has 0 aliphatic carbocycles. The van der Waals surface area contributed by atoms with Crippen LogP contribution in [0.3, 0.4) is 0 Å². The van der Waals surface area contributed by atoms with Gasteiger partial charge in [-0.15, -0.1) is 0 Å². The Morgan fingerprint density at radius 3 is 3.05 bits per heavy atom. The molecule has 4 nitrogen and oxygen atoms in total. The summed E-state index contributed by atoms with van der Waals surface area (Å²) in [6.45, 7) is 4.57. The Morgan fingerprint density at radius 1 is 1.47 bits per heavy atom. The van der Waals surface area contributed by atoms with Gasteiger partial charge in [0.05, 0.1) is 20.3 Å². The number of hydrogen-bond donors (Lipinski definition) is 1. The van der Waals surface area contributed by atoms with Gasteiger partial charge in [0.2, 0.25) is 0 Å². The molecule has 1 N–H and O–H groups in total. The van der Waals surface area contributed by atoms with Gasteiger partial charge < -0.3 is 19.5 Å². The summed E-state index contributed by atoms with van der Waals surface area (Å²) in [7, 11) is 1.69. The summed E-state index contributed by atoms with van der Waals surface area (Å²) in [5.41, 5.74) is 1.05. The topological polar surface area (TPSA) is 39.7 Å². The molecule has 1 fully saturated rings. The molecule has 0 saturated carbocycles. The van der Waals surface area contributed by atoms with E-state index in [1.54, 1.807) is 7.11 Å². The normalized spacial score (nSPS) is 29.1. The Labute approximate surface area is 114 Å². The van der Waals surface area contributed by atoms with Crippen molar-refractivity contribution >= 4 is 0 Å². The van der Waals surface area contributed by atoms with Crippen molar-refractivity contribution in [2.45, 2.75) is 31.4 Å². The fourth-order valence-corrected chi connectivity index (χ4v) is 3.03. The third-order valence-electron chi connectivity index (χ3n) is 4.01. The van der Waals surface area contributed by atoms with E-state index in [2.05, 4.69) is 18.3 Å². The van der Waals surface area contributed by atoms with Crippen molar-refractivity contribution in [1.29, 1.82) is 0 Å². The predicted octanol–water partition coefficient (Wildman–Crippen LogP) is 2.29. The second kappa shape index (κ2) is 5.02. The minimum absolute atomic E-state index is 0.144. The molecule has 2 aliphatic rings. The van der Waals surface area contributed by atoms with Gasteiger partial charge in [-0.25, -0.2) is 0 Å². The first-order chi connectivity index (χ1) is 9.26. The van der Waals surface area contributed by atoms with Crippen LogP contribution in [0.25, 0.3) is 0 Å². The average molecular weight is 263 g/mol. The molecule has 1 aromatic rings. The molecule has 1 saturated heterocycles. The molecule has 0 aromatic heterocycles. The number of benzene rings is 1. The molecule has 0 bridgehead atoms. The number of rotatable bonds is 3. The van der Waals surface area contributed by atoms with Crippen molar-refractivity contribution in [1.82, 2.24) is 5.32 Å². The highest BCUT2D eigenvalue weighted by molar-refractivity contribution is 5.44. The van der Waals surface area contributed by atoms with Gasteiger partial charge >= 0.3 is 0 Å². The first kappa shape index (κ1) is 12.8. The summed E-state index contributed by atoms with van der Waals surface area (Å²) in [5, 5.41) is 3.55. The average Bonchev–Trinajstić information content (AvgIpc) is 2.86. The van der Waals surface area contributed by atoms with Crippen LogP contribution in [0, 0.1) is 0 Å². The van der Waals surface area contributed by atoms with Gasteiger partial charge in [0.1, 0.15) is 17.1 Å². The van der Waals surface area contributed by atoms with Crippen molar-refractivity contribution in [3.8, 4) is 11.5 Å². The van der Waals surface area contributed by atoms with Crippen LogP contribution >= 0.6 is 0 Å². The summed E-state index contributed by atoms with van der Waals surface area (Å²) in [6, 6.07) is 6.35. The van der Waals surface area contributed by atoms with Crippen LogP contribution in [-0.2, 0) is 4.74 Å². The van der Waals surface area contributed by atoms with E-state index < -0.39 is 0 Å². The summed E-state index contributed by atoms with van der Waals surface area (Å²) < 4.78 is 17.1. The van der Waals surface area contributed by atoms with Gasteiger partial charge in [-0.05, 0) is 24.7 Å². The Kier molecular flexibility index (Phi) is 3.37. The molecule has 19 heavy (non-hydrogen) atoms. The molecular weight excluding hydrogens is 242 g/mol. The van der Waals surface area contributed by atoms with Crippen LogP contribution in [-0.4, -0.2) is 32.5 Å². The van der Waals surface area contributed by atoms with E-state index in [4.69, 9.17) is 14.2 Å². The predicted molar refractivity (Wildman–Crippen MR) is 72.8 cm³/mol. The highest BCUT2D eigenvalue weighted by atomic mass is 16.6. The van der Waals surface area contributed by atoms with Crippen molar-refractivity contribution in [3.63, 3.8) is 0 Å². The highest BCUT2D eigenvalue weighted by Gasteiger charge is 2.43. The first-order valence-corrected chi connectivity index (χ1v) is 6.94. The van der Waals surface area contributed by atoms with E-state index in [1.165, 1.54) is 5.56 Å². The minimum Gasteiger partial charge on any atom is -0.497 e. The van der Waals surface area contributed by atoms with Crippen LogP contribution in [0.4, 0.5) is 0 Å². The summed E-state index contributed by atoms with van der Waals surface area (Å²) in [6.07, 6.45) is 1.93. The Morgan fingerprint density at radius 2 is 2.37 bits per heavy atom. The quantitative estimate of drug-likeness (QED) is 0.908. The molecular formula is C15H21NO3. The minimum atomic E-state index is -0.144. The number of hydrogen-bond acceptors (Lipinski definition) is 4. The maximum absolute atomic E-state index is 6.24. The number of fused-ring (bicyclic) bond motifs is 1. The summed E-state index contributed by atoms with van der Waals surface area (Å²) in [4.78, 5) is 0. The second-order valence-corrected chi connectivity index (χ2v) is 5.31. The van der Waals surface area contributed by atoms with E-state index >= 15 is 0 Å². The van der Waals surface area contributed by atoms with Gasteiger partial charge in [-0.3, -0.25) is 0 Å². The maximum Gasteiger partial charge on any atom is 0.136 e. The molecule has 0 radical (unpaired) electrons. The summed E-state index contributed by atoms with van der Waals surface area (Å²) in [5.74, 6) is 1.84. The molecule has 4 heteroatoms. The van der Waals surface area contributed by atoms with Crippen molar-refractivity contribution < 1.29 is 14.2 Å². The Balaban J connectivity index is 1.96. The third-order valence-corrected chi connectivity index (χ3v) is 4.01. The molecule has 3 rings (SSSR count). The summed E-state index contributed by atoms with van der Waals surface area (Å²) >= 11 is 0. The SMILES string of the molecule is CCNC1CC2(CCOC2)Oc2ccc(OC)cc21. The van der Waals surface area contributed by atoms with Crippen molar-refractivity contribution in [2.24, 2.45) is 0 Å². The molecule has 0 amide bonds. The van der Waals surface area contributed by atoms with E-state index in [9.17, 15) is 0 Å². The van der Waals surface area contributed by atoms with E-state index in [1.807, 2.05) is 12.1 Å². The number of methoxy groups -OCH3 is 1. The zero-order valence-electron chi connectivity index (χ0n) is 11.6. The van der Waals surface area contributed by atoms with Gasteiger partial charge in [0, 0.05) is 24.4 Å². The first-order valence-electron chi connectivity index (χ1n) is 6.94. The largest absolute Gasteiger partial charge is 0.497 e. The smallest absolute Gasteiger partial charge is 0.136 e. The molecule has 1 spiro atoms. The van der Waals surface area contributed by atoms with Crippen LogP contribution in [0.2, 0.25) is 0 Å². The van der Waals surface area contributed by atoms with Gasteiger partial charge in [-0.1, -0.05) is 6.92 Å². The fraction of sp³-hybridized carbons (Fsp3) is 0.600. The van der Waals surface area contributed by atoms with E-state index in [0.29, 0.717) is 12.6 Å². The maximum atomic E-state index is 6.24. The molecule has 2 atom stereocenters. The molecule has 104 valence electrons. The van der Waals surface area contributed by atoms with Crippen molar-refractivity contribution in [2.75, 3.05) is 26.9 Å². The molecule has 2 aliphatic heterocycles. The standard InChI is InChI=1S/C15H21NO3/c1-3-16-13-9-15(6-7-18-10-15)19-14-5-4-11(17-2)8-12(13)14/h4-5,8,13,16H,3,6-7,9-10H2,1-2H3. The van der Waals surface area contributed by atoms with Crippen LogP contribution in [0.15, 0.2) is 18.2 Å². The van der Waals surface area contributed by atoms with Crippen LogP contribution in [0.5, 0.6) is 11.5 Å². The third kappa shape index (κ3) is 2.30. The fourth-order valence-electron chi connectivity index (χ4n) is 3.03. The lowest BCUT2D eigenvalue weighted by atomic mass is 9.86. The molecule has 2 unspecified atom stereocenters. The van der Waals surface area contributed by atoms with E-state index in [-0.39, 0.29) is 5.60 Å². The lowest BCUT2D eigenvalue weighted by Gasteiger charge is -2.39. The van der Waals surface area contributed by atoms with Gasteiger partial charge in [-0.2, -0.15) is 0 Å². The zero-order chi connectivity index (χ0) is 13.3. The van der Waals surface area contributed by atoms with E-state index in [0.717, 1.165) is 37.5 Å². The molecule has 1 aromatic carbocycles. The monoisotopic (exact) mass is 263 g/mol. The van der Waals surface area contributed by atoms with Crippen LogP contribution < -0.4 is 14.8 Å². The lowest BCUT2D eigenvalue weighted by molar-refractivity contribution is 0.0190. The van der Waals surface area contributed by atoms with Gasteiger partial charge in [0.15, 0.2) is 0 Å². The van der Waals surface area contributed by atoms with Gasteiger partial charge in [0.25, 0.3) is 0 Å². The number of ether oxygens (including phenoxy) is 3. The van der Waals surface area contributed by atoms with Crippen LogP contribution in [0.1, 0.15) is 31.4 Å². The Hall–Kier alpha value is -1.26. The second-order valence-electron chi connectivity index (χ2n) is 5.31. The number of nitrogens with one attached hydrogen (secondary N) is 1.